The van der Waals surface area contributed by atoms with Gasteiger partial charge in [-0.15, -0.1) is 0 Å². The molecule has 9 heteroatoms. The molecule has 0 spiro atoms. The maximum absolute atomic E-state index is 14.0. The number of carbonyl (C=O) groups is 1. The van der Waals surface area contributed by atoms with Gasteiger partial charge in [-0.2, -0.15) is 0 Å². The van der Waals surface area contributed by atoms with E-state index >= 15 is 0 Å². The van der Waals surface area contributed by atoms with Gasteiger partial charge < -0.3 is 18.8 Å². The number of aromatic nitrogens is 1. The van der Waals surface area contributed by atoms with Crippen LogP contribution in [0.2, 0.25) is 0 Å². The first kappa shape index (κ1) is 27.2. The zero-order valence-corrected chi connectivity index (χ0v) is 23.7. The highest BCUT2D eigenvalue weighted by Gasteiger charge is 2.35. The Hall–Kier alpha value is -4.37. The van der Waals surface area contributed by atoms with Crippen molar-refractivity contribution in [2.75, 3.05) is 31.7 Å². The minimum Gasteiger partial charge on any atom is -0.497 e. The second-order valence-corrected chi connectivity index (χ2v) is 10.1. The van der Waals surface area contributed by atoms with Crippen molar-refractivity contribution in [2.45, 2.75) is 26.8 Å². The average Bonchev–Trinajstić information content (AvgIpc) is 3.57. The molecule has 3 heterocycles. The van der Waals surface area contributed by atoms with Crippen LogP contribution < -0.4 is 24.5 Å². The Morgan fingerprint density at radius 1 is 1.07 bits per heavy atom. The fraction of sp³-hybridized carbons (Fsp3) is 0.258. The van der Waals surface area contributed by atoms with Crippen LogP contribution in [0.4, 0.5) is 5.88 Å². The van der Waals surface area contributed by atoms with Gasteiger partial charge in [0.2, 0.25) is 0 Å². The highest BCUT2D eigenvalue weighted by Crippen LogP contribution is 2.36. The summed E-state index contributed by atoms with van der Waals surface area (Å²) >= 11 is 1.26. The second kappa shape index (κ2) is 11.8. The van der Waals surface area contributed by atoms with Crippen molar-refractivity contribution >= 4 is 35.0 Å². The third kappa shape index (κ3) is 5.12. The minimum absolute atomic E-state index is 0.188. The van der Waals surface area contributed by atoms with Crippen LogP contribution in [0.5, 0.6) is 5.75 Å². The average molecular weight is 558 g/mol. The molecule has 4 aromatic rings. The van der Waals surface area contributed by atoms with E-state index in [1.807, 2.05) is 66.7 Å². The molecule has 1 atom stereocenters. The van der Waals surface area contributed by atoms with Gasteiger partial charge in [-0.05, 0) is 44.5 Å². The molecule has 0 bridgehead atoms. The maximum atomic E-state index is 14.0. The smallest absolute Gasteiger partial charge is 0.338 e. The highest BCUT2D eigenvalue weighted by molar-refractivity contribution is 7.07. The molecule has 0 aliphatic carbocycles. The van der Waals surface area contributed by atoms with Crippen LogP contribution in [0.25, 0.3) is 11.8 Å². The number of benzene rings is 2. The standard InChI is InChI=1S/C31H31N3O5S/c1-5-33(6-2)25-17-16-23(39-25)19-24-29(35)34-28(21-14-11-15-22(18-21)37-4)26(30(36)38-7-3)27(32-31(34)40-24)20-12-9-8-10-13-20/h8-19,28H,5-7H2,1-4H3/b24-19-/t28-/m1/s1. The Balaban J connectivity index is 1.77. The summed E-state index contributed by atoms with van der Waals surface area (Å²) in [6, 6.07) is 19.8. The lowest BCUT2D eigenvalue weighted by Crippen LogP contribution is -2.40. The lowest BCUT2D eigenvalue weighted by molar-refractivity contribution is -0.138. The van der Waals surface area contributed by atoms with Crippen LogP contribution in [-0.2, 0) is 9.53 Å². The summed E-state index contributed by atoms with van der Waals surface area (Å²) in [5.74, 6) is 1.40. The number of fused-ring (bicyclic) bond motifs is 1. The summed E-state index contributed by atoms with van der Waals surface area (Å²) in [5.41, 5.74) is 1.96. The molecule has 0 unspecified atom stereocenters. The third-order valence-corrected chi connectivity index (χ3v) is 7.73. The van der Waals surface area contributed by atoms with Gasteiger partial charge in [-0.25, -0.2) is 9.79 Å². The number of carbonyl (C=O) groups excluding carboxylic acids is 1. The van der Waals surface area contributed by atoms with Gasteiger partial charge >= 0.3 is 5.97 Å². The molecule has 0 amide bonds. The number of furan rings is 1. The largest absolute Gasteiger partial charge is 0.497 e. The fourth-order valence-corrected chi connectivity index (χ4v) is 5.80. The van der Waals surface area contributed by atoms with E-state index in [1.54, 1.807) is 24.7 Å². The summed E-state index contributed by atoms with van der Waals surface area (Å²) in [4.78, 5) is 35.0. The van der Waals surface area contributed by atoms with E-state index in [1.165, 1.54) is 11.3 Å². The van der Waals surface area contributed by atoms with E-state index < -0.39 is 12.0 Å². The van der Waals surface area contributed by atoms with Gasteiger partial charge in [-0.3, -0.25) is 9.36 Å². The van der Waals surface area contributed by atoms with Crippen LogP contribution in [0.3, 0.4) is 0 Å². The molecule has 2 aromatic carbocycles. The molecule has 0 radical (unpaired) electrons. The first-order valence-corrected chi connectivity index (χ1v) is 14.1. The lowest BCUT2D eigenvalue weighted by atomic mass is 9.93. The number of hydrogen-bond acceptors (Lipinski definition) is 8. The van der Waals surface area contributed by atoms with Crippen molar-refractivity contribution in [3.63, 3.8) is 0 Å². The zero-order valence-electron chi connectivity index (χ0n) is 22.9. The van der Waals surface area contributed by atoms with Crippen LogP contribution in [-0.4, -0.2) is 37.3 Å². The number of ether oxygens (including phenoxy) is 2. The first-order valence-electron chi connectivity index (χ1n) is 13.3. The molecule has 0 fully saturated rings. The molecule has 40 heavy (non-hydrogen) atoms. The summed E-state index contributed by atoms with van der Waals surface area (Å²) in [7, 11) is 1.58. The number of hydrogen-bond donors (Lipinski definition) is 0. The summed E-state index contributed by atoms with van der Waals surface area (Å²) < 4.78 is 19.1. The number of rotatable bonds is 9. The van der Waals surface area contributed by atoms with E-state index in [2.05, 4.69) is 18.7 Å². The van der Waals surface area contributed by atoms with E-state index in [-0.39, 0.29) is 12.2 Å². The Kier molecular flexibility index (Phi) is 8.02. The van der Waals surface area contributed by atoms with Crippen LogP contribution in [0.15, 0.2) is 86.5 Å². The summed E-state index contributed by atoms with van der Waals surface area (Å²) in [6.07, 6.45) is 1.73. The molecular formula is C31H31N3O5S. The second-order valence-electron chi connectivity index (χ2n) is 9.06. The maximum Gasteiger partial charge on any atom is 0.338 e. The van der Waals surface area contributed by atoms with Crippen LogP contribution in [0, 0.1) is 0 Å². The van der Waals surface area contributed by atoms with Gasteiger partial charge in [0.05, 0.1) is 35.6 Å². The molecule has 5 rings (SSSR count). The molecule has 1 aliphatic heterocycles. The molecule has 2 aromatic heterocycles. The molecular weight excluding hydrogens is 526 g/mol. The SMILES string of the molecule is CCOC(=O)C1=C(c2ccccc2)N=c2s/c(=C\c3ccc(N(CC)CC)o3)c(=O)n2[C@@H]1c1cccc(OC)c1. The summed E-state index contributed by atoms with van der Waals surface area (Å²) in [6.45, 7) is 7.69. The van der Waals surface area contributed by atoms with Crippen LogP contribution >= 0.6 is 11.3 Å². The van der Waals surface area contributed by atoms with Gasteiger partial charge in [0.25, 0.3) is 5.56 Å². The Morgan fingerprint density at radius 2 is 1.85 bits per heavy atom. The predicted molar refractivity (Wildman–Crippen MR) is 156 cm³/mol. The van der Waals surface area contributed by atoms with Crippen molar-refractivity contribution < 1.29 is 18.7 Å². The lowest BCUT2D eigenvalue weighted by Gasteiger charge is -2.26. The third-order valence-electron chi connectivity index (χ3n) is 6.74. The highest BCUT2D eigenvalue weighted by atomic mass is 32.1. The molecule has 0 saturated carbocycles. The van der Waals surface area contributed by atoms with Crippen molar-refractivity contribution in [3.05, 3.63) is 109 Å². The number of nitrogens with zero attached hydrogens (tertiary/aromatic N) is 3. The van der Waals surface area contributed by atoms with Crippen molar-refractivity contribution in [2.24, 2.45) is 4.99 Å². The van der Waals surface area contributed by atoms with Gasteiger partial charge in [0, 0.05) is 30.8 Å². The number of thiazole rings is 1. The van der Waals surface area contributed by atoms with Gasteiger partial charge in [0.15, 0.2) is 10.7 Å². The Bertz CT molecular complexity index is 1730. The molecule has 0 N–H and O–H groups in total. The van der Waals surface area contributed by atoms with Crippen molar-refractivity contribution in [1.82, 2.24) is 4.57 Å². The van der Waals surface area contributed by atoms with E-state index in [4.69, 9.17) is 18.9 Å². The number of anilines is 1. The molecule has 1 aliphatic rings. The van der Waals surface area contributed by atoms with Gasteiger partial charge in [0.1, 0.15) is 11.5 Å². The normalized spacial score (nSPS) is 15.0. The number of methoxy groups -OCH3 is 1. The van der Waals surface area contributed by atoms with E-state index in [0.717, 1.165) is 24.5 Å². The molecule has 8 nitrogen and oxygen atoms in total. The van der Waals surface area contributed by atoms with Crippen molar-refractivity contribution in [1.29, 1.82) is 0 Å². The first-order chi connectivity index (χ1) is 19.5. The summed E-state index contributed by atoms with van der Waals surface area (Å²) in [5, 5.41) is 0. The molecule has 206 valence electrons. The van der Waals surface area contributed by atoms with Crippen molar-refractivity contribution in [3.8, 4) is 5.75 Å². The van der Waals surface area contributed by atoms with Crippen LogP contribution in [0.1, 0.15) is 43.7 Å². The van der Waals surface area contributed by atoms with E-state index in [9.17, 15) is 9.59 Å². The Labute approximate surface area is 236 Å². The monoisotopic (exact) mass is 557 g/mol. The quantitative estimate of drug-likeness (QED) is 0.284. The predicted octanol–water partition coefficient (Wildman–Crippen LogP) is 4.38. The Morgan fingerprint density at radius 3 is 2.55 bits per heavy atom. The minimum atomic E-state index is -0.773. The van der Waals surface area contributed by atoms with E-state index in [0.29, 0.717) is 37.7 Å². The number of esters is 1. The zero-order chi connectivity index (χ0) is 28.2. The fourth-order valence-electron chi connectivity index (χ4n) is 4.82. The topological polar surface area (TPSA) is 86.3 Å². The molecule has 0 saturated heterocycles. The van der Waals surface area contributed by atoms with Gasteiger partial charge in [-0.1, -0.05) is 53.8 Å².